The molecule has 0 amide bonds. The standard InChI is InChI=1S/C22H26N4O4/c1-22(2,3)18-9-19-23-15-11-25(6-5-14(15)21(27)26(19)24-18)10-13-7-16(28-4)20-17(8-13)29-12-30-20/h7-9,24H,5-6,10-12H2,1-4H3. The van der Waals surface area contributed by atoms with Crippen LogP contribution >= 0.6 is 0 Å². The van der Waals surface area contributed by atoms with Crippen molar-refractivity contribution in [3.8, 4) is 17.2 Å². The van der Waals surface area contributed by atoms with Gasteiger partial charge in [-0.3, -0.25) is 14.8 Å². The maximum absolute atomic E-state index is 13.0. The molecule has 5 rings (SSSR count). The van der Waals surface area contributed by atoms with E-state index in [4.69, 9.17) is 19.2 Å². The molecule has 0 aliphatic carbocycles. The van der Waals surface area contributed by atoms with Gasteiger partial charge >= 0.3 is 0 Å². The molecule has 1 aromatic carbocycles. The van der Waals surface area contributed by atoms with E-state index >= 15 is 0 Å². The number of hydrogen-bond acceptors (Lipinski definition) is 6. The van der Waals surface area contributed by atoms with Gasteiger partial charge in [-0.15, -0.1) is 0 Å². The summed E-state index contributed by atoms with van der Waals surface area (Å²) in [5.41, 5.74) is 4.34. The molecule has 1 N–H and O–H groups in total. The number of ether oxygens (including phenoxy) is 3. The lowest BCUT2D eigenvalue weighted by Gasteiger charge is -2.27. The maximum Gasteiger partial charge on any atom is 0.276 e. The number of aromatic nitrogens is 3. The minimum Gasteiger partial charge on any atom is -0.493 e. The van der Waals surface area contributed by atoms with E-state index in [1.54, 1.807) is 11.6 Å². The monoisotopic (exact) mass is 410 g/mol. The van der Waals surface area contributed by atoms with Gasteiger partial charge in [0.15, 0.2) is 17.1 Å². The van der Waals surface area contributed by atoms with Gasteiger partial charge in [0.2, 0.25) is 12.5 Å². The Hall–Kier alpha value is -3.00. The Kier molecular flexibility index (Phi) is 4.28. The summed E-state index contributed by atoms with van der Waals surface area (Å²) in [7, 11) is 1.63. The molecule has 2 aliphatic rings. The number of aromatic amines is 1. The van der Waals surface area contributed by atoms with Crippen LogP contribution in [-0.4, -0.2) is 39.9 Å². The molecule has 0 bridgehead atoms. The van der Waals surface area contributed by atoms with Gasteiger partial charge < -0.3 is 14.2 Å². The Morgan fingerprint density at radius 1 is 1.23 bits per heavy atom. The van der Waals surface area contributed by atoms with Gasteiger partial charge in [-0.05, 0) is 24.1 Å². The molecule has 0 saturated carbocycles. The molecule has 30 heavy (non-hydrogen) atoms. The van der Waals surface area contributed by atoms with Crippen molar-refractivity contribution in [3.63, 3.8) is 0 Å². The van der Waals surface area contributed by atoms with Crippen LogP contribution in [0.4, 0.5) is 0 Å². The van der Waals surface area contributed by atoms with Crippen molar-refractivity contribution in [2.24, 2.45) is 0 Å². The number of hydrogen-bond donors (Lipinski definition) is 1. The molecule has 3 aromatic rings. The highest BCUT2D eigenvalue weighted by atomic mass is 16.7. The highest BCUT2D eigenvalue weighted by Crippen LogP contribution is 2.42. The second-order valence-electron chi connectivity index (χ2n) is 8.95. The van der Waals surface area contributed by atoms with E-state index in [9.17, 15) is 4.79 Å². The van der Waals surface area contributed by atoms with E-state index in [1.165, 1.54) is 0 Å². The van der Waals surface area contributed by atoms with E-state index in [0.717, 1.165) is 29.1 Å². The van der Waals surface area contributed by atoms with Gasteiger partial charge in [-0.25, -0.2) is 9.50 Å². The first-order chi connectivity index (χ1) is 14.3. The minimum absolute atomic E-state index is 0.00917. The second-order valence-corrected chi connectivity index (χ2v) is 8.95. The molecule has 0 saturated heterocycles. The smallest absolute Gasteiger partial charge is 0.276 e. The molecule has 8 heteroatoms. The fraction of sp³-hybridized carbons (Fsp3) is 0.455. The Bertz CT molecular complexity index is 1190. The SMILES string of the molecule is COc1cc(CN2CCc3c(nc4cc(C(C)(C)C)[nH]n4c3=O)C2)cc2c1OCO2. The number of H-pyrrole nitrogens is 1. The third-order valence-electron chi connectivity index (χ3n) is 5.78. The zero-order chi connectivity index (χ0) is 21.0. The molecule has 0 fully saturated rings. The van der Waals surface area contributed by atoms with Crippen molar-refractivity contribution in [1.29, 1.82) is 0 Å². The molecule has 2 aliphatic heterocycles. The first kappa shape index (κ1) is 19.0. The van der Waals surface area contributed by atoms with Crippen LogP contribution in [0.25, 0.3) is 5.65 Å². The van der Waals surface area contributed by atoms with Crippen LogP contribution in [-0.2, 0) is 24.9 Å². The van der Waals surface area contributed by atoms with Crippen LogP contribution < -0.4 is 19.8 Å². The van der Waals surface area contributed by atoms with E-state index < -0.39 is 0 Å². The van der Waals surface area contributed by atoms with Gasteiger partial charge in [-0.1, -0.05) is 20.8 Å². The zero-order valence-electron chi connectivity index (χ0n) is 17.7. The predicted molar refractivity (Wildman–Crippen MR) is 111 cm³/mol. The zero-order valence-corrected chi connectivity index (χ0v) is 17.7. The topological polar surface area (TPSA) is 81.1 Å². The van der Waals surface area contributed by atoms with E-state index in [0.29, 0.717) is 42.4 Å². The lowest BCUT2D eigenvalue weighted by atomic mass is 9.93. The Morgan fingerprint density at radius 2 is 2.07 bits per heavy atom. The number of nitrogens with zero attached hydrogens (tertiary/aromatic N) is 3. The summed E-state index contributed by atoms with van der Waals surface area (Å²) in [5, 5.41) is 3.23. The summed E-state index contributed by atoms with van der Waals surface area (Å²) in [5.74, 6) is 2.05. The normalized spacial score (nSPS) is 16.1. The van der Waals surface area contributed by atoms with Crippen molar-refractivity contribution in [2.45, 2.75) is 45.7 Å². The molecule has 0 atom stereocenters. The quantitative estimate of drug-likeness (QED) is 0.715. The van der Waals surface area contributed by atoms with E-state index in [2.05, 4.69) is 30.8 Å². The first-order valence-corrected chi connectivity index (χ1v) is 10.2. The summed E-state index contributed by atoms with van der Waals surface area (Å²) < 4.78 is 18.1. The summed E-state index contributed by atoms with van der Waals surface area (Å²) in [6.07, 6.45) is 0.676. The third kappa shape index (κ3) is 3.11. The Morgan fingerprint density at radius 3 is 2.83 bits per heavy atom. The van der Waals surface area contributed by atoms with Crippen LogP contribution in [0.5, 0.6) is 17.2 Å². The molecule has 0 unspecified atom stereocenters. The van der Waals surface area contributed by atoms with Crippen LogP contribution in [0.15, 0.2) is 23.0 Å². The molecule has 0 spiro atoms. The Balaban J connectivity index is 1.44. The van der Waals surface area contributed by atoms with E-state index in [1.807, 2.05) is 18.2 Å². The number of rotatable bonds is 3. The van der Waals surface area contributed by atoms with Gasteiger partial charge in [0.05, 0.1) is 12.8 Å². The van der Waals surface area contributed by atoms with Crippen molar-refractivity contribution in [1.82, 2.24) is 19.5 Å². The van der Waals surface area contributed by atoms with Crippen LogP contribution in [0.1, 0.15) is 43.3 Å². The second kappa shape index (κ2) is 6.77. The maximum atomic E-state index is 13.0. The fourth-order valence-electron chi connectivity index (χ4n) is 4.10. The highest BCUT2D eigenvalue weighted by Gasteiger charge is 2.26. The summed E-state index contributed by atoms with van der Waals surface area (Å²) in [6, 6.07) is 5.95. The van der Waals surface area contributed by atoms with Crippen LogP contribution in [0.2, 0.25) is 0 Å². The highest BCUT2D eigenvalue weighted by molar-refractivity contribution is 5.55. The minimum atomic E-state index is -0.0783. The lowest BCUT2D eigenvalue weighted by Crippen LogP contribution is -2.36. The summed E-state index contributed by atoms with van der Waals surface area (Å²) in [6.45, 7) is 8.70. The molecule has 2 aromatic heterocycles. The van der Waals surface area contributed by atoms with Crippen LogP contribution in [0.3, 0.4) is 0 Å². The van der Waals surface area contributed by atoms with Gasteiger partial charge in [0, 0.05) is 42.4 Å². The number of methoxy groups -OCH3 is 1. The first-order valence-electron chi connectivity index (χ1n) is 10.2. The average Bonchev–Trinajstić information content (AvgIpc) is 3.34. The fourth-order valence-corrected chi connectivity index (χ4v) is 4.10. The lowest BCUT2D eigenvalue weighted by molar-refractivity contribution is 0.171. The molecule has 4 heterocycles. The summed E-state index contributed by atoms with van der Waals surface area (Å²) >= 11 is 0. The van der Waals surface area contributed by atoms with E-state index in [-0.39, 0.29) is 17.8 Å². The van der Waals surface area contributed by atoms with Crippen molar-refractivity contribution >= 4 is 5.65 Å². The van der Waals surface area contributed by atoms with Crippen molar-refractivity contribution in [2.75, 3.05) is 20.4 Å². The average molecular weight is 410 g/mol. The van der Waals surface area contributed by atoms with Crippen molar-refractivity contribution < 1.29 is 14.2 Å². The largest absolute Gasteiger partial charge is 0.493 e. The van der Waals surface area contributed by atoms with Gasteiger partial charge in [-0.2, -0.15) is 0 Å². The van der Waals surface area contributed by atoms with Crippen LogP contribution in [0, 0.1) is 0 Å². The molecule has 8 nitrogen and oxygen atoms in total. The van der Waals surface area contributed by atoms with Gasteiger partial charge in [0.1, 0.15) is 0 Å². The molecule has 158 valence electrons. The molecular weight excluding hydrogens is 384 g/mol. The molecule has 0 radical (unpaired) electrons. The van der Waals surface area contributed by atoms with Gasteiger partial charge in [0.25, 0.3) is 5.56 Å². The van der Waals surface area contributed by atoms with Crippen molar-refractivity contribution in [3.05, 3.63) is 51.1 Å². The number of fused-ring (bicyclic) bond motifs is 3. The molecular formula is C22H26N4O4. The third-order valence-corrected chi connectivity index (χ3v) is 5.78. The number of benzene rings is 1. The predicted octanol–water partition coefficient (Wildman–Crippen LogP) is 2.62. The summed E-state index contributed by atoms with van der Waals surface area (Å²) in [4.78, 5) is 20.1. The number of nitrogens with one attached hydrogen (secondary N) is 1. The Labute approximate surface area is 174 Å².